The molecule has 1 aliphatic carbocycles. The fraction of sp³-hybridized carbons (Fsp3) is 0.438. The number of amides is 1. The Kier molecular flexibility index (Phi) is 4.21. The van der Waals surface area contributed by atoms with Gasteiger partial charge in [0.15, 0.2) is 5.78 Å². The highest BCUT2D eigenvalue weighted by molar-refractivity contribution is 6.08. The van der Waals surface area contributed by atoms with Gasteiger partial charge in [-0.1, -0.05) is 0 Å². The average molecular weight is 291 g/mol. The van der Waals surface area contributed by atoms with E-state index in [0.717, 1.165) is 0 Å². The lowest BCUT2D eigenvalue weighted by atomic mass is 9.78. The first-order chi connectivity index (χ1) is 9.81. The van der Waals surface area contributed by atoms with Crippen LogP contribution in [-0.2, 0) is 16.0 Å². The molecule has 1 N–H and O–H groups in total. The molecule has 0 aromatic heterocycles. The number of benzene rings is 1. The van der Waals surface area contributed by atoms with Gasteiger partial charge in [0, 0.05) is 24.8 Å². The summed E-state index contributed by atoms with van der Waals surface area (Å²) in [7, 11) is 0. The van der Waals surface area contributed by atoms with Crippen molar-refractivity contribution in [2.45, 2.75) is 40.0 Å². The number of fused-ring (bicyclic) bond motifs is 1. The zero-order chi connectivity index (χ0) is 15.7. The van der Waals surface area contributed by atoms with Gasteiger partial charge in [0.25, 0.3) is 0 Å². The summed E-state index contributed by atoms with van der Waals surface area (Å²) in [5.74, 6) is -1.40. The van der Waals surface area contributed by atoms with Crippen molar-refractivity contribution in [3.05, 3.63) is 28.6 Å². The van der Waals surface area contributed by atoms with Gasteiger partial charge in [-0.2, -0.15) is 0 Å². The summed E-state index contributed by atoms with van der Waals surface area (Å²) in [6.45, 7) is 4.39. The van der Waals surface area contributed by atoms with Crippen LogP contribution >= 0.6 is 0 Å². The first-order valence-corrected chi connectivity index (χ1v) is 6.94. The van der Waals surface area contributed by atoms with Crippen molar-refractivity contribution in [3.8, 4) is 0 Å². The molecule has 5 heteroatoms. The zero-order valence-electron chi connectivity index (χ0n) is 12.4. The predicted molar refractivity (Wildman–Crippen MR) is 76.9 cm³/mol. The van der Waals surface area contributed by atoms with Crippen molar-refractivity contribution in [2.75, 3.05) is 5.32 Å². The molecule has 0 heterocycles. The topological polar surface area (TPSA) is 63.2 Å². The Morgan fingerprint density at radius 3 is 2.62 bits per heavy atom. The van der Waals surface area contributed by atoms with Crippen molar-refractivity contribution < 1.29 is 18.8 Å². The minimum atomic E-state index is -0.435. The Labute approximate surface area is 122 Å². The van der Waals surface area contributed by atoms with E-state index in [-0.39, 0.29) is 35.5 Å². The molecule has 0 bridgehead atoms. The van der Waals surface area contributed by atoms with Crippen LogP contribution in [0.15, 0.2) is 6.07 Å². The quantitative estimate of drug-likeness (QED) is 0.931. The smallest absolute Gasteiger partial charge is 0.221 e. The maximum absolute atomic E-state index is 13.9. The Morgan fingerprint density at radius 1 is 1.38 bits per heavy atom. The Bertz CT molecular complexity index is 637. The summed E-state index contributed by atoms with van der Waals surface area (Å²) in [4.78, 5) is 35.1. The summed E-state index contributed by atoms with van der Waals surface area (Å²) < 4.78 is 13.9. The van der Waals surface area contributed by atoms with Crippen molar-refractivity contribution in [2.24, 2.45) is 5.92 Å². The number of Topliss-reactive ketones (excluding diaryl/α,β-unsaturated/α-hetero) is 2. The highest BCUT2D eigenvalue weighted by Gasteiger charge is 2.32. The van der Waals surface area contributed by atoms with Crippen LogP contribution in [0.4, 0.5) is 10.1 Å². The molecule has 1 amide bonds. The van der Waals surface area contributed by atoms with Crippen molar-refractivity contribution in [1.29, 1.82) is 0 Å². The molecule has 0 spiro atoms. The van der Waals surface area contributed by atoms with E-state index >= 15 is 0 Å². The van der Waals surface area contributed by atoms with Gasteiger partial charge in [-0.3, -0.25) is 9.59 Å². The van der Waals surface area contributed by atoms with Crippen LogP contribution in [0.5, 0.6) is 0 Å². The maximum Gasteiger partial charge on any atom is 0.221 e. The summed E-state index contributed by atoms with van der Waals surface area (Å²) in [6, 6.07) is 1.18. The minimum absolute atomic E-state index is 0.0447. The van der Waals surface area contributed by atoms with Crippen molar-refractivity contribution in [3.63, 3.8) is 0 Å². The first kappa shape index (κ1) is 15.4. The third-order valence-electron chi connectivity index (χ3n) is 3.86. The number of ketones is 2. The third kappa shape index (κ3) is 3.01. The molecule has 1 unspecified atom stereocenters. The van der Waals surface area contributed by atoms with Gasteiger partial charge in [-0.25, -0.2) is 4.39 Å². The second kappa shape index (κ2) is 5.76. The molecule has 1 aliphatic rings. The van der Waals surface area contributed by atoms with Crippen LogP contribution in [0.1, 0.15) is 48.2 Å². The van der Waals surface area contributed by atoms with Gasteiger partial charge in [-0.05, 0) is 43.9 Å². The second-order valence-corrected chi connectivity index (χ2v) is 5.57. The van der Waals surface area contributed by atoms with Crippen molar-refractivity contribution in [1.82, 2.24) is 0 Å². The zero-order valence-corrected chi connectivity index (χ0v) is 12.4. The van der Waals surface area contributed by atoms with Gasteiger partial charge < -0.3 is 10.1 Å². The molecule has 0 saturated heterocycles. The molecule has 112 valence electrons. The number of hydrogen-bond acceptors (Lipinski definition) is 3. The van der Waals surface area contributed by atoms with Crippen LogP contribution in [0.3, 0.4) is 0 Å². The third-order valence-corrected chi connectivity index (χ3v) is 3.86. The number of halogens is 1. The predicted octanol–water partition coefficient (Wildman–Crippen LogP) is 2.82. The maximum atomic E-state index is 13.9. The molecular weight excluding hydrogens is 273 g/mol. The molecule has 4 nitrogen and oxygen atoms in total. The summed E-state index contributed by atoms with van der Waals surface area (Å²) >= 11 is 0. The van der Waals surface area contributed by atoms with Gasteiger partial charge in [0.05, 0.1) is 5.69 Å². The fourth-order valence-electron chi connectivity index (χ4n) is 2.88. The molecular formula is C16H18FNO3. The Hall–Kier alpha value is -2.04. The number of carbonyl (C=O) groups is 3. The highest BCUT2D eigenvalue weighted by Crippen LogP contribution is 2.35. The molecule has 1 aromatic carbocycles. The summed E-state index contributed by atoms with van der Waals surface area (Å²) in [5.41, 5.74) is 1.65. The molecule has 1 aromatic rings. The van der Waals surface area contributed by atoms with Crippen LogP contribution in [0.25, 0.3) is 0 Å². The SMILES string of the molecule is CC(=O)CC1CCc2c(C)c(F)cc(NC(C)=O)c2C1=O. The normalized spacial score (nSPS) is 17.3. The number of nitrogens with one attached hydrogen (secondary N) is 1. The van der Waals surface area contributed by atoms with E-state index in [1.807, 2.05) is 0 Å². The van der Waals surface area contributed by atoms with Crippen LogP contribution in [-0.4, -0.2) is 17.5 Å². The lowest BCUT2D eigenvalue weighted by Gasteiger charge is -2.26. The van der Waals surface area contributed by atoms with E-state index in [1.165, 1.54) is 19.9 Å². The number of anilines is 1. The van der Waals surface area contributed by atoms with E-state index < -0.39 is 5.82 Å². The van der Waals surface area contributed by atoms with Crippen LogP contribution in [0, 0.1) is 18.7 Å². The van der Waals surface area contributed by atoms with Gasteiger partial charge in [0.1, 0.15) is 11.6 Å². The van der Waals surface area contributed by atoms with E-state index in [4.69, 9.17) is 0 Å². The number of rotatable bonds is 3. The molecule has 0 saturated carbocycles. The van der Waals surface area contributed by atoms with E-state index in [1.54, 1.807) is 6.92 Å². The van der Waals surface area contributed by atoms with Crippen molar-refractivity contribution >= 4 is 23.2 Å². The number of carbonyl (C=O) groups excluding carboxylic acids is 3. The minimum Gasteiger partial charge on any atom is -0.326 e. The standard InChI is InChI=1S/C16H18FNO3/c1-8(19)6-11-4-5-12-9(2)13(17)7-14(18-10(3)20)15(12)16(11)21/h7,11H,4-6H2,1-3H3,(H,18,20). The Balaban J connectivity index is 2.53. The molecule has 21 heavy (non-hydrogen) atoms. The van der Waals surface area contributed by atoms with Crippen LogP contribution < -0.4 is 5.32 Å². The average Bonchev–Trinajstić information content (AvgIpc) is 2.37. The van der Waals surface area contributed by atoms with E-state index in [0.29, 0.717) is 29.5 Å². The fourth-order valence-corrected chi connectivity index (χ4v) is 2.88. The Morgan fingerprint density at radius 2 is 2.05 bits per heavy atom. The molecule has 1 atom stereocenters. The van der Waals surface area contributed by atoms with E-state index in [9.17, 15) is 18.8 Å². The highest BCUT2D eigenvalue weighted by atomic mass is 19.1. The second-order valence-electron chi connectivity index (χ2n) is 5.57. The summed E-state index contributed by atoms with van der Waals surface area (Å²) in [6.07, 6.45) is 1.26. The molecule has 0 aliphatic heterocycles. The lowest BCUT2D eigenvalue weighted by molar-refractivity contribution is -0.117. The monoisotopic (exact) mass is 291 g/mol. The lowest BCUT2D eigenvalue weighted by Crippen LogP contribution is -2.27. The molecule has 0 fully saturated rings. The number of hydrogen-bond donors (Lipinski definition) is 1. The van der Waals surface area contributed by atoms with Crippen LogP contribution in [0.2, 0.25) is 0 Å². The van der Waals surface area contributed by atoms with E-state index in [2.05, 4.69) is 5.32 Å². The molecule has 2 rings (SSSR count). The van der Waals surface area contributed by atoms with Gasteiger partial charge in [-0.15, -0.1) is 0 Å². The first-order valence-electron chi connectivity index (χ1n) is 6.94. The van der Waals surface area contributed by atoms with Gasteiger partial charge >= 0.3 is 0 Å². The summed E-state index contributed by atoms with van der Waals surface area (Å²) in [5, 5.41) is 2.52. The van der Waals surface area contributed by atoms with Gasteiger partial charge in [0.2, 0.25) is 5.91 Å². The largest absolute Gasteiger partial charge is 0.326 e. The molecule has 0 radical (unpaired) electrons.